The van der Waals surface area contributed by atoms with E-state index in [1.807, 2.05) is 146 Å². The molecule has 0 aliphatic heterocycles. The molecule has 0 fully saturated rings. The number of hydrogen-bond acceptors (Lipinski definition) is 8. The lowest BCUT2D eigenvalue weighted by atomic mass is 9.80. The van der Waals surface area contributed by atoms with Gasteiger partial charge in [0.25, 0.3) is 0 Å². The fourth-order valence-electron chi connectivity index (χ4n) is 11.2. The lowest BCUT2D eigenvalue weighted by Gasteiger charge is -2.08. The van der Waals surface area contributed by atoms with Crippen LogP contribution in [0.5, 0.6) is 0 Å². The lowest BCUT2D eigenvalue weighted by molar-refractivity contribution is 0.426. The second kappa shape index (κ2) is 25.7. The topological polar surface area (TPSA) is 128 Å². The third kappa shape index (κ3) is 12.0. The summed E-state index contributed by atoms with van der Waals surface area (Å²) in [4.78, 5) is 0. The van der Waals surface area contributed by atoms with E-state index in [0.29, 0.717) is 29.0 Å². The van der Waals surface area contributed by atoms with E-state index in [4.69, 9.17) is 8.83 Å². The average molecular weight is 1270 g/mol. The Balaban J connectivity index is 0.000000133. The van der Waals surface area contributed by atoms with Crippen LogP contribution in [0.2, 0.25) is 0 Å². The molecule has 0 bridgehead atoms. The van der Waals surface area contributed by atoms with Crippen molar-refractivity contribution in [2.24, 2.45) is 0 Å². The van der Waals surface area contributed by atoms with Crippen LogP contribution in [0.15, 0.2) is 312 Å². The fraction of sp³-hybridized carbons (Fsp3) is 0.0130. The molecular formula is C77H56BIN6O4. The third-order valence-electron chi connectivity index (χ3n) is 15.5. The van der Waals surface area contributed by atoms with Gasteiger partial charge < -0.3 is 28.0 Å². The standard InChI is InChI=1S/C38H25N3O.C24H18BNO2.C14H9IN2O.CH4/c1-4-10-26(11-5-1)30-20-22-35-33(24-30)34-25-31(21-23-36(34)41(35)32-14-8-3-9-15-32)27-16-18-29(19-17-27)38-40-39-37(42-38)28-12-6-2-7-13-28;27-25(28)19-12-14-24-22(16-19)21-15-18(17-7-3-1-4-8-17)11-13-23(21)26(24)20-9-5-2-6-10-20;15-12-8-6-11(7-9-12)14-17-16-13(18-14)10-4-2-1-3-5-10;/h1-25H;1-16,27-28H;1-9H;1H4. The van der Waals surface area contributed by atoms with Gasteiger partial charge in [0.05, 0.1) is 22.1 Å². The van der Waals surface area contributed by atoms with Crippen LogP contribution >= 0.6 is 22.6 Å². The van der Waals surface area contributed by atoms with Crippen molar-refractivity contribution in [3.63, 3.8) is 0 Å². The van der Waals surface area contributed by atoms with Crippen LogP contribution < -0.4 is 5.46 Å². The van der Waals surface area contributed by atoms with Gasteiger partial charge in [-0.15, -0.1) is 20.4 Å². The normalized spacial score (nSPS) is 11.0. The SMILES string of the molecule is C.Ic1ccc(-c2nnc(-c3ccccc3)o2)cc1.OB(O)c1ccc2c(c1)c1cc(-c3ccccc3)ccc1n2-c1ccccc1.c1ccc(-c2ccc3c(c2)c2cc(-c4ccc(-c5nnc(-c6ccccc6)o5)cc4)ccc2n3-c2ccccc2)cc1. The molecule has 0 aliphatic rings. The predicted octanol–water partition coefficient (Wildman–Crippen LogP) is 18.6. The quantitative estimate of drug-likeness (QED) is 0.102. The van der Waals surface area contributed by atoms with Crippen LogP contribution in [0.25, 0.3) is 134 Å². The van der Waals surface area contributed by atoms with Crippen molar-refractivity contribution >= 4 is 78.8 Å². The number of aromatic nitrogens is 6. The van der Waals surface area contributed by atoms with Gasteiger partial charge in [0.2, 0.25) is 23.6 Å². The summed E-state index contributed by atoms with van der Waals surface area (Å²) in [6, 6.07) is 103. The van der Waals surface area contributed by atoms with E-state index >= 15 is 0 Å². The molecule has 89 heavy (non-hydrogen) atoms. The molecule has 12 aromatic carbocycles. The maximum absolute atomic E-state index is 9.66. The highest BCUT2D eigenvalue weighted by molar-refractivity contribution is 14.1. The molecule has 0 saturated heterocycles. The first-order chi connectivity index (χ1) is 43.4. The van der Waals surface area contributed by atoms with E-state index in [1.54, 1.807) is 6.07 Å². The first-order valence-corrected chi connectivity index (χ1v) is 29.8. The molecule has 0 radical (unpaired) electrons. The van der Waals surface area contributed by atoms with Gasteiger partial charge in [0, 0.05) is 58.7 Å². The summed E-state index contributed by atoms with van der Waals surface area (Å²) < 4.78 is 17.4. The number of fused-ring (bicyclic) bond motifs is 6. The summed E-state index contributed by atoms with van der Waals surface area (Å²) in [5, 5.41) is 40.5. The zero-order chi connectivity index (χ0) is 59.3. The summed E-state index contributed by atoms with van der Waals surface area (Å²) >= 11 is 2.26. The van der Waals surface area contributed by atoms with Gasteiger partial charge in [0.1, 0.15) is 0 Å². The molecule has 16 rings (SSSR count). The molecule has 12 heteroatoms. The Bertz CT molecular complexity index is 5040. The van der Waals surface area contributed by atoms with E-state index in [9.17, 15) is 10.0 Å². The van der Waals surface area contributed by atoms with Gasteiger partial charge in [-0.1, -0.05) is 183 Å². The summed E-state index contributed by atoms with van der Waals surface area (Å²) in [5.74, 6) is 2.12. The highest BCUT2D eigenvalue weighted by Crippen LogP contribution is 2.39. The molecule has 2 N–H and O–H groups in total. The summed E-state index contributed by atoms with van der Waals surface area (Å²) in [5.41, 5.74) is 17.9. The molecule has 0 aliphatic carbocycles. The first kappa shape index (κ1) is 57.3. The molecule has 0 spiro atoms. The van der Waals surface area contributed by atoms with E-state index < -0.39 is 7.12 Å². The molecule has 4 aromatic heterocycles. The summed E-state index contributed by atoms with van der Waals surface area (Å²) in [6.07, 6.45) is 0. The number of benzene rings is 12. The number of hydrogen-bond donors (Lipinski definition) is 2. The highest BCUT2D eigenvalue weighted by atomic mass is 127. The average Bonchev–Trinajstić information content (AvgIpc) is 1.71. The van der Waals surface area contributed by atoms with Crippen molar-refractivity contribution in [3.05, 3.63) is 307 Å². The van der Waals surface area contributed by atoms with Gasteiger partial charge in [0.15, 0.2) is 0 Å². The van der Waals surface area contributed by atoms with E-state index in [0.717, 1.165) is 77.7 Å². The predicted molar refractivity (Wildman–Crippen MR) is 371 cm³/mol. The minimum atomic E-state index is -1.49. The molecule has 428 valence electrons. The van der Waals surface area contributed by atoms with E-state index in [2.05, 4.69) is 204 Å². The Kier molecular flexibility index (Phi) is 16.5. The number of halogens is 1. The maximum atomic E-state index is 9.66. The van der Waals surface area contributed by atoms with Crippen molar-refractivity contribution in [3.8, 4) is 90.6 Å². The Morgan fingerprint density at radius 3 is 0.888 bits per heavy atom. The molecular weight excluding hydrogens is 1210 g/mol. The molecule has 0 saturated carbocycles. The van der Waals surface area contributed by atoms with Crippen molar-refractivity contribution in [1.82, 2.24) is 29.5 Å². The molecule has 10 nitrogen and oxygen atoms in total. The van der Waals surface area contributed by atoms with Crippen LogP contribution in [0, 0.1) is 3.57 Å². The Labute approximate surface area is 528 Å². The van der Waals surface area contributed by atoms with Gasteiger partial charge >= 0.3 is 7.12 Å². The molecule has 16 aromatic rings. The number of para-hydroxylation sites is 2. The largest absolute Gasteiger partial charge is 0.488 e. The van der Waals surface area contributed by atoms with Gasteiger partial charge in [-0.3, -0.25) is 0 Å². The monoisotopic (exact) mass is 1270 g/mol. The maximum Gasteiger partial charge on any atom is 0.488 e. The van der Waals surface area contributed by atoms with Crippen LogP contribution in [0.3, 0.4) is 0 Å². The fourth-order valence-corrected chi connectivity index (χ4v) is 11.6. The first-order valence-electron chi connectivity index (χ1n) is 28.8. The van der Waals surface area contributed by atoms with Crippen LogP contribution in [0.4, 0.5) is 0 Å². The smallest absolute Gasteiger partial charge is 0.423 e. The van der Waals surface area contributed by atoms with Gasteiger partial charge in [-0.05, 0) is 189 Å². The molecule has 4 heterocycles. The van der Waals surface area contributed by atoms with Crippen molar-refractivity contribution in [2.45, 2.75) is 7.43 Å². The molecule has 0 atom stereocenters. The van der Waals surface area contributed by atoms with Gasteiger partial charge in [-0.2, -0.15) is 0 Å². The van der Waals surface area contributed by atoms with Crippen LogP contribution in [-0.2, 0) is 0 Å². The summed E-state index contributed by atoms with van der Waals surface area (Å²) in [7, 11) is -1.49. The van der Waals surface area contributed by atoms with Gasteiger partial charge in [-0.25, -0.2) is 0 Å². The third-order valence-corrected chi connectivity index (χ3v) is 16.3. The second-order valence-corrected chi connectivity index (χ2v) is 22.3. The lowest BCUT2D eigenvalue weighted by Crippen LogP contribution is -2.29. The number of nitrogens with zero attached hydrogens (tertiary/aromatic N) is 6. The zero-order valence-corrected chi connectivity index (χ0v) is 49.4. The Morgan fingerprint density at radius 1 is 0.281 bits per heavy atom. The zero-order valence-electron chi connectivity index (χ0n) is 47.2. The van der Waals surface area contributed by atoms with E-state index in [1.165, 1.54) is 36.5 Å². The number of rotatable bonds is 10. The minimum Gasteiger partial charge on any atom is -0.423 e. The minimum absolute atomic E-state index is 0. The van der Waals surface area contributed by atoms with Crippen molar-refractivity contribution < 1.29 is 18.9 Å². The van der Waals surface area contributed by atoms with Crippen molar-refractivity contribution in [1.29, 1.82) is 0 Å². The van der Waals surface area contributed by atoms with Crippen LogP contribution in [0.1, 0.15) is 7.43 Å². The van der Waals surface area contributed by atoms with Crippen molar-refractivity contribution in [2.75, 3.05) is 0 Å². The highest BCUT2D eigenvalue weighted by Gasteiger charge is 2.19. The molecule has 0 unspecified atom stereocenters. The second-order valence-electron chi connectivity index (χ2n) is 21.1. The Hall–Kier alpha value is -10.8. The summed E-state index contributed by atoms with van der Waals surface area (Å²) in [6.45, 7) is 0. The van der Waals surface area contributed by atoms with Crippen LogP contribution in [-0.4, -0.2) is 46.7 Å². The molecule has 0 amide bonds. The van der Waals surface area contributed by atoms with E-state index in [-0.39, 0.29) is 7.43 Å². The Morgan fingerprint density at radius 2 is 0.539 bits per heavy atom.